The Labute approximate surface area is 127 Å². The minimum absolute atomic E-state index is 0.215. The van der Waals surface area contributed by atoms with E-state index in [1.807, 2.05) is 43.9 Å². The van der Waals surface area contributed by atoms with Crippen molar-refractivity contribution in [2.45, 2.75) is 39.2 Å². The molecule has 1 aromatic rings. The third-order valence-electron chi connectivity index (χ3n) is 3.71. The molecule has 3 nitrogen and oxygen atoms in total. The van der Waals surface area contributed by atoms with Crippen LogP contribution >= 0.6 is 0 Å². The number of benzene rings is 1. The summed E-state index contributed by atoms with van der Waals surface area (Å²) < 4.78 is 5.47. The highest BCUT2D eigenvalue weighted by Crippen LogP contribution is 2.30. The summed E-state index contributed by atoms with van der Waals surface area (Å²) in [7, 11) is 0. The molecule has 0 N–H and O–H groups in total. The van der Waals surface area contributed by atoms with Crippen LogP contribution < -0.4 is 0 Å². The molecule has 1 aromatic carbocycles. The molecule has 1 atom stereocenters. The second-order valence-corrected chi connectivity index (χ2v) is 6.66. The number of piperidine rings is 1. The maximum atomic E-state index is 12.2. The normalized spacial score (nSPS) is 19.2. The van der Waals surface area contributed by atoms with E-state index >= 15 is 0 Å². The second-order valence-electron chi connectivity index (χ2n) is 6.66. The van der Waals surface area contributed by atoms with Crippen LogP contribution in [0.5, 0.6) is 0 Å². The summed E-state index contributed by atoms with van der Waals surface area (Å²) in [5.74, 6) is 0.314. The van der Waals surface area contributed by atoms with Crippen LogP contribution in [-0.4, -0.2) is 29.7 Å². The second kappa shape index (κ2) is 6.33. The summed E-state index contributed by atoms with van der Waals surface area (Å²) in [6, 6.07) is 10.2. The molecule has 114 valence electrons. The number of hydrogen-bond acceptors (Lipinski definition) is 2. The average Bonchev–Trinajstić information content (AvgIpc) is 2.46. The van der Waals surface area contributed by atoms with E-state index in [1.165, 1.54) is 0 Å². The minimum atomic E-state index is -0.444. The zero-order valence-corrected chi connectivity index (χ0v) is 13.3. The molecule has 3 heteroatoms. The van der Waals surface area contributed by atoms with Gasteiger partial charge in [-0.1, -0.05) is 36.9 Å². The van der Waals surface area contributed by atoms with Crippen LogP contribution in [0.2, 0.25) is 0 Å². The molecule has 2 rings (SSSR count). The molecule has 0 spiro atoms. The van der Waals surface area contributed by atoms with E-state index in [4.69, 9.17) is 4.74 Å². The summed E-state index contributed by atoms with van der Waals surface area (Å²) in [6.45, 7) is 11.4. The quantitative estimate of drug-likeness (QED) is 0.809. The third kappa shape index (κ3) is 4.35. The number of ether oxygens (including phenoxy) is 1. The van der Waals surface area contributed by atoms with E-state index in [0.29, 0.717) is 12.5 Å². The maximum Gasteiger partial charge on any atom is 0.410 e. The van der Waals surface area contributed by atoms with Gasteiger partial charge in [0, 0.05) is 19.0 Å². The Balaban J connectivity index is 2.01. The number of amides is 1. The number of hydrogen-bond donors (Lipinski definition) is 0. The predicted molar refractivity (Wildman–Crippen MR) is 86.0 cm³/mol. The van der Waals surface area contributed by atoms with Gasteiger partial charge in [0.1, 0.15) is 5.60 Å². The van der Waals surface area contributed by atoms with Crippen molar-refractivity contribution in [1.29, 1.82) is 0 Å². The molecular formula is C18H25NO2. The number of carbonyl (C=O) groups is 1. The van der Waals surface area contributed by atoms with E-state index in [1.54, 1.807) is 0 Å². The molecule has 1 amide bonds. The summed E-state index contributed by atoms with van der Waals surface area (Å²) >= 11 is 0. The van der Waals surface area contributed by atoms with Crippen LogP contribution in [0.25, 0.3) is 5.57 Å². The zero-order valence-electron chi connectivity index (χ0n) is 13.3. The van der Waals surface area contributed by atoms with Gasteiger partial charge in [0.15, 0.2) is 0 Å². The minimum Gasteiger partial charge on any atom is -0.444 e. The molecule has 0 saturated carbocycles. The smallest absolute Gasteiger partial charge is 0.410 e. The molecule has 21 heavy (non-hydrogen) atoms. The first-order valence-electron chi connectivity index (χ1n) is 7.59. The fraction of sp³-hybridized carbons (Fsp3) is 0.500. The molecule has 1 unspecified atom stereocenters. The van der Waals surface area contributed by atoms with E-state index in [2.05, 4.69) is 18.7 Å². The van der Waals surface area contributed by atoms with E-state index in [0.717, 1.165) is 30.5 Å². The fourth-order valence-corrected chi connectivity index (χ4v) is 2.64. The molecule has 1 aliphatic rings. The number of rotatable bonds is 2. The Kier molecular flexibility index (Phi) is 4.71. The van der Waals surface area contributed by atoms with Crippen LogP contribution in [0.4, 0.5) is 4.79 Å². The molecule has 0 bridgehead atoms. The van der Waals surface area contributed by atoms with Crippen molar-refractivity contribution in [2.75, 3.05) is 13.1 Å². The number of carbonyl (C=O) groups excluding carboxylic acids is 1. The highest BCUT2D eigenvalue weighted by atomic mass is 16.6. The average molecular weight is 287 g/mol. The Hall–Kier alpha value is -1.77. The van der Waals surface area contributed by atoms with Crippen LogP contribution in [0, 0.1) is 5.92 Å². The van der Waals surface area contributed by atoms with E-state index in [-0.39, 0.29) is 6.09 Å². The Morgan fingerprint density at radius 3 is 2.57 bits per heavy atom. The van der Waals surface area contributed by atoms with Crippen molar-refractivity contribution in [3.05, 3.63) is 42.5 Å². The van der Waals surface area contributed by atoms with E-state index < -0.39 is 5.60 Å². The molecule has 1 fully saturated rings. The lowest BCUT2D eigenvalue weighted by Gasteiger charge is -2.35. The standard InChI is InChI=1S/C18H25NO2/c1-14(15-9-6-5-7-10-15)16-11-8-12-19(13-16)17(20)21-18(2,3)4/h5-7,9-10,16H,1,8,11-13H2,2-4H3. The highest BCUT2D eigenvalue weighted by Gasteiger charge is 2.28. The lowest BCUT2D eigenvalue weighted by atomic mass is 9.87. The lowest BCUT2D eigenvalue weighted by molar-refractivity contribution is 0.0191. The lowest BCUT2D eigenvalue weighted by Crippen LogP contribution is -2.43. The van der Waals surface area contributed by atoms with Crippen molar-refractivity contribution in [2.24, 2.45) is 5.92 Å². The highest BCUT2D eigenvalue weighted by molar-refractivity contribution is 5.70. The van der Waals surface area contributed by atoms with Gasteiger partial charge >= 0.3 is 6.09 Å². The first-order valence-corrected chi connectivity index (χ1v) is 7.59. The van der Waals surface area contributed by atoms with Crippen LogP contribution in [0.3, 0.4) is 0 Å². The van der Waals surface area contributed by atoms with Gasteiger partial charge in [-0.2, -0.15) is 0 Å². The summed E-state index contributed by atoms with van der Waals surface area (Å²) in [4.78, 5) is 14.0. The van der Waals surface area contributed by atoms with Crippen LogP contribution in [0.15, 0.2) is 36.9 Å². The maximum absolute atomic E-state index is 12.2. The Morgan fingerprint density at radius 2 is 1.95 bits per heavy atom. The predicted octanol–water partition coefficient (Wildman–Crippen LogP) is 4.35. The van der Waals surface area contributed by atoms with Crippen molar-refractivity contribution in [1.82, 2.24) is 4.90 Å². The topological polar surface area (TPSA) is 29.5 Å². The van der Waals surface area contributed by atoms with Gasteiger partial charge in [-0.3, -0.25) is 0 Å². The van der Waals surface area contributed by atoms with E-state index in [9.17, 15) is 4.79 Å². The molecule has 0 radical (unpaired) electrons. The van der Waals surface area contributed by atoms with Gasteiger partial charge in [0.25, 0.3) is 0 Å². The fourth-order valence-electron chi connectivity index (χ4n) is 2.64. The summed E-state index contributed by atoms with van der Waals surface area (Å²) in [6.07, 6.45) is 1.86. The molecular weight excluding hydrogens is 262 g/mol. The van der Waals surface area contributed by atoms with Gasteiger partial charge in [-0.05, 0) is 44.7 Å². The van der Waals surface area contributed by atoms with Crippen molar-refractivity contribution in [3.63, 3.8) is 0 Å². The van der Waals surface area contributed by atoms with Gasteiger partial charge < -0.3 is 9.64 Å². The first-order chi connectivity index (χ1) is 9.87. The van der Waals surface area contributed by atoms with Gasteiger partial charge in [-0.25, -0.2) is 4.79 Å². The number of nitrogens with zero attached hydrogens (tertiary/aromatic N) is 1. The third-order valence-corrected chi connectivity index (χ3v) is 3.71. The largest absolute Gasteiger partial charge is 0.444 e. The first kappa shape index (κ1) is 15.6. The molecule has 1 saturated heterocycles. The van der Waals surface area contributed by atoms with Gasteiger partial charge in [-0.15, -0.1) is 0 Å². The monoisotopic (exact) mass is 287 g/mol. The Morgan fingerprint density at radius 1 is 1.29 bits per heavy atom. The van der Waals surface area contributed by atoms with Crippen LogP contribution in [-0.2, 0) is 4.74 Å². The van der Waals surface area contributed by atoms with Crippen molar-refractivity contribution in [3.8, 4) is 0 Å². The number of likely N-dealkylation sites (tertiary alicyclic amines) is 1. The van der Waals surface area contributed by atoms with Crippen LogP contribution in [0.1, 0.15) is 39.2 Å². The van der Waals surface area contributed by atoms with Crippen molar-refractivity contribution >= 4 is 11.7 Å². The molecule has 0 aromatic heterocycles. The summed E-state index contributed by atoms with van der Waals surface area (Å²) in [5, 5.41) is 0. The molecule has 1 heterocycles. The molecule has 1 aliphatic heterocycles. The summed E-state index contributed by atoms with van der Waals surface area (Å²) in [5.41, 5.74) is 1.83. The molecule has 0 aliphatic carbocycles. The zero-order chi connectivity index (χ0) is 15.5. The van der Waals surface area contributed by atoms with Gasteiger partial charge in [0.05, 0.1) is 0 Å². The van der Waals surface area contributed by atoms with Gasteiger partial charge in [0.2, 0.25) is 0 Å². The van der Waals surface area contributed by atoms with Crippen molar-refractivity contribution < 1.29 is 9.53 Å². The SMILES string of the molecule is C=C(c1ccccc1)C1CCCN(C(=O)OC(C)(C)C)C1. The Bertz CT molecular complexity index is 502.